The van der Waals surface area contributed by atoms with Crippen molar-refractivity contribution in [3.05, 3.63) is 58.8 Å². The molecule has 2 aliphatic heterocycles. The number of carbonyl (C=O) groups is 1. The zero-order valence-corrected chi connectivity index (χ0v) is 14.3. The van der Waals surface area contributed by atoms with E-state index >= 15 is 0 Å². The molecule has 1 aliphatic carbocycles. The number of halogens is 7. The molecular weight excluding hydrogens is 409 g/mol. The lowest BCUT2D eigenvalue weighted by molar-refractivity contribution is -0.0981. The lowest BCUT2D eigenvalue weighted by Crippen LogP contribution is -2.42. The Labute approximate surface area is 159 Å². The normalized spacial score (nSPS) is 26.2. The van der Waals surface area contributed by atoms with Gasteiger partial charge in [0.05, 0.1) is 17.7 Å². The van der Waals surface area contributed by atoms with Crippen LogP contribution in [0.15, 0.2) is 46.8 Å². The molecule has 1 spiro atoms. The number of benzene rings is 1. The number of hydrogen-bond acceptors (Lipinski definition) is 4. The summed E-state index contributed by atoms with van der Waals surface area (Å²) in [6.45, 7) is -3.84. The fourth-order valence-corrected chi connectivity index (χ4v) is 3.78. The van der Waals surface area contributed by atoms with E-state index in [1.807, 2.05) is 0 Å². The molecule has 0 radical (unpaired) electrons. The average Bonchev–Trinajstić information content (AvgIpc) is 2.98. The van der Waals surface area contributed by atoms with Crippen molar-refractivity contribution in [2.45, 2.75) is 30.9 Å². The van der Waals surface area contributed by atoms with Crippen LogP contribution in [0, 0.1) is 5.82 Å². The fraction of sp³-hybridized carbons (Fsp3) is 0.333. The summed E-state index contributed by atoms with van der Waals surface area (Å²) in [6, 6.07) is 3.52. The van der Waals surface area contributed by atoms with E-state index in [-0.39, 0.29) is 11.4 Å². The molecule has 0 fully saturated rings. The number of rotatable bonds is 2. The Kier molecular flexibility index (Phi) is 4.25. The van der Waals surface area contributed by atoms with Gasteiger partial charge in [-0.1, -0.05) is 12.1 Å². The lowest BCUT2D eigenvalue weighted by Gasteiger charge is -2.34. The first-order chi connectivity index (χ1) is 13.5. The highest BCUT2D eigenvalue weighted by Gasteiger charge is 2.52. The van der Waals surface area contributed by atoms with Crippen LogP contribution in [-0.4, -0.2) is 42.0 Å². The maximum Gasteiger partial charge on any atom is 0.417 e. The predicted octanol–water partition coefficient (Wildman–Crippen LogP) is 4.24. The fourth-order valence-electron chi connectivity index (χ4n) is 3.78. The van der Waals surface area contributed by atoms with Crippen molar-refractivity contribution >= 4 is 11.6 Å². The Morgan fingerprint density at radius 1 is 1.28 bits per heavy atom. The van der Waals surface area contributed by atoms with Crippen molar-refractivity contribution in [2.24, 2.45) is 4.99 Å². The van der Waals surface area contributed by atoms with Crippen LogP contribution in [0.3, 0.4) is 0 Å². The molecule has 2 heterocycles. The van der Waals surface area contributed by atoms with Crippen LogP contribution in [-0.2, 0) is 10.3 Å². The van der Waals surface area contributed by atoms with Crippen LogP contribution in [0.5, 0.6) is 0 Å². The second-order valence-corrected chi connectivity index (χ2v) is 6.76. The van der Waals surface area contributed by atoms with Crippen LogP contribution in [0.4, 0.5) is 30.7 Å². The number of nitrogens with zero attached hydrogens (tertiary/aromatic N) is 2. The topological polar surface area (TPSA) is 41.9 Å². The summed E-state index contributed by atoms with van der Waals surface area (Å²) < 4.78 is 97.9. The maximum atomic E-state index is 14.4. The number of hydrogen-bond donors (Lipinski definition) is 0. The molecule has 0 unspecified atom stereocenters. The van der Waals surface area contributed by atoms with Gasteiger partial charge in [-0.2, -0.15) is 22.0 Å². The molecule has 0 aromatic heterocycles. The van der Waals surface area contributed by atoms with Gasteiger partial charge in [-0.3, -0.25) is 9.79 Å². The van der Waals surface area contributed by atoms with Crippen molar-refractivity contribution in [3.63, 3.8) is 0 Å². The second-order valence-electron chi connectivity index (χ2n) is 6.76. The van der Waals surface area contributed by atoms with E-state index in [4.69, 9.17) is 0 Å². The molecule has 154 valence electrons. The first kappa shape index (κ1) is 19.5. The van der Waals surface area contributed by atoms with Crippen LogP contribution >= 0.6 is 0 Å². The average molecular weight is 420 g/mol. The number of alkyl halides is 6. The van der Waals surface area contributed by atoms with Gasteiger partial charge < -0.3 is 9.64 Å². The molecule has 11 heteroatoms. The van der Waals surface area contributed by atoms with Gasteiger partial charge >= 0.3 is 12.8 Å². The minimum absolute atomic E-state index is 0.0170. The number of allylic oxidation sites excluding steroid dienone is 2. The largest absolute Gasteiger partial charge is 0.431 e. The van der Waals surface area contributed by atoms with Crippen molar-refractivity contribution in [3.8, 4) is 0 Å². The summed E-state index contributed by atoms with van der Waals surface area (Å²) in [6.07, 6.45) is -6.59. The molecule has 4 nitrogen and oxygen atoms in total. The highest BCUT2D eigenvalue weighted by atomic mass is 19.4. The lowest BCUT2D eigenvalue weighted by atomic mass is 9.75. The molecule has 0 saturated heterocycles. The van der Waals surface area contributed by atoms with Crippen LogP contribution < -0.4 is 0 Å². The Hall–Kier alpha value is -2.85. The van der Waals surface area contributed by atoms with Crippen molar-refractivity contribution in [1.82, 2.24) is 4.90 Å². The summed E-state index contributed by atoms with van der Waals surface area (Å²) in [5.41, 5.74) is -3.47. The van der Waals surface area contributed by atoms with Gasteiger partial charge in [0.1, 0.15) is 11.4 Å². The van der Waals surface area contributed by atoms with Gasteiger partial charge in [0.2, 0.25) is 0 Å². The van der Waals surface area contributed by atoms with Gasteiger partial charge in [0.25, 0.3) is 0 Å². The smallest absolute Gasteiger partial charge is 0.417 e. The Bertz CT molecular complexity index is 983. The van der Waals surface area contributed by atoms with Crippen molar-refractivity contribution in [2.75, 3.05) is 6.54 Å². The van der Waals surface area contributed by atoms with E-state index in [0.717, 1.165) is 11.0 Å². The maximum absolute atomic E-state index is 14.4. The third kappa shape index (κ3) is 3.08. The molecule has 2 atom stereocenters. The summed E-state index contributed by atoms with van der Waals surface area (Å²) in [4.78, 5) is 17.2. The molecule has 0 bridgehead atoms. The predicted molar refractivity (Wildman–Crippen MR) is 85.4 cm³/mol. The quantitative estimate of drug-likeness (QED) is 0.673. The summed E-state index contributed by atoms with van der Waals surface area (Å²) in [5.74, 6) is -3.32. The molecule has 29 heavy (non-hydrogen) atoms. The van der Waals surface area contributed by atoms with Crippen molar-refractivity contribution < 1.29 is 40.3 Å². The van der Waals surface area contributed by atoms with Crippen molar-refractivity contribution in [1.29, 1.82) is 0 Å². The number of aliphatic imine (C=N–C) groups is 1. The number of Topliss-reactive ketones (excluding diaryl/α,β-unsaturated/α-hetero) is 1. The minimum atomic E-state index is -4.87. The van der Waals surface area contributed by atoms with Crippen LogP contribution in [0.1, 0.15) is 22.3 Å². The number of ether oxygens (including phenoxy) is 1. The number of carbonyl (C=O) groups excluding carboxylic acids is 1. The molecule has 3 aliphatic rings. The van der Waals surface area contributed by atoms with E-state index in [0.29, 0.717) is 12.3 Å². The third-order valence-electron chi connectivity index (χ3n) is 4.93. The number of ketones is 1. The van der Waals surface area contributed by atoms with E-state index in [9.17, 15) is 35.5 Å². The molecule has 0 N–H and O–H groups in total. The van der Waals surface area contributed by atoms with Crippen LogP contribution in [0.25, 0.3) is 0 Å². The molecular formula is C18H11F7N2O2. The highest BCUT2D eigenvalue weighted by Crippen LogP contribution is 2.46. The molecule has 4 rings (SSSR count). The van der Waals surface area contributed by atoms with E-state index in [1.165, 1.54) is 12.1 Å². The standard InChI is InChI=1S/C18H11F7N2O2/c19-10-3-1-2-9-13(10)14(28)11(20)5-17(9)7-27-6-8(18(23,24)25)4-12(15(27)26-17)29-16(21)22/h1-4,6,11,16H,5,7H2/t11-,17+/m0/s1. The molecule has 1 aromatic rings. The zero-order chi connectivity index (χ0) is 21.1. The second kappa shape index (κ2) is 6.33. The zero-order valence-electron chi connectivity index (χ0n) is 14.3. The Morgan fingerprint density at radius 3 is 2.66 bits per heavy atom. The third-order valence-corrected chi connectivity index (χ3v) is 4.93. The molecule has 1 aromatic carbocycles. The number of fused-ring (bicyclic) bond motifs is 3. The highest BCUT2D eigenvalue weighted by molar-refractivity contribution is 6.05. The van der Waals surface area contributed by atoms with E-state index in [2.05, 4.69) is 9.73 Å². The Morgan fingerprint density at radius 2 is 2.00 bits per heavy atom. The van der Waals surface area contributed by atoms with Gasteiger partial charge in [-0.25, -0.2) is 8.78 Å². The summed E-state index contributed by atoms with van der Waals surface area (Å²) in [5, 5.41) is 0. The first-order valence-corrected chi connectivity index (χ1v) is 8.31. The van der Waals surface area contributed by atoms with Gasteiger partial charge in [-0.05, 0) is 17.7 Å². The Balaban J connectivity index is 1.87. The van der Waals surface area contributed by atoms with E-state index in [1.54, 1.807) is 0 Å². The monoisotopic (exact) mass is 420 g/mol. The van der Waals surface area contributed by atoms with Gasteiger partial charge in [0.15, 0.2) is 23.5 Å². The minimum Gasteiger partial charge on any atom is -0.431 e. The SMILES string of the molecule is O=C1c2c(F)cccc2[C@@]2(C[C@@H]1F)CN1C=C(C(F)(F)F)C=C(OC(F)F)C1=N2. The summed E-state index contributed by atoms with van der Waals surface area (Å²) in [7, 11) is 0. The first-order valence-electron chi connectivity index (χ1n) is 8.31. The summed E-state index contributed by atoms with van der Waals surface area (Å²) >= 11 is 0. The van der Waals surface area contributed by atoms with Gasteiger partial charge in [-0.15, -0.1) is 0 Å². The van der Waals surface area contributed by atoms with Gasteiger partial charge in [0, 0.05) is 12.6 Å². The van der Waals surface area contributed by atoms with Crippen LogP contribution in [0.2, 0.25) is 0 Å². The molecule has 0 amide bonds. The molecule has 0 saturated carbocycles. The number of amidine groups is 1. The van der Waals surface area contributed by atoms with E-state index < -0.39 is 66.0 Å².